The molecule has 1 fully saturated rings. The summed E-state index contributed by atoms with van der Waals surface area (Å²) in [6, 6.07) is 9.59. The fourth-order valence-electron chi connectivity index (χ4n) is 3.82. The Morgan fingerprint density at radius 1 is 1.35 bits per heavy atom. The molecular formula is C25H29N3O5S. The highest BCUT2D eigenvalue weighted by Gasteiger charge is 2.24. The molecule has 1 unspecified atom stereocenters. The summed E-state index contributed by atoms with van der Waals surface area (Å²) in [6.45, 7) is 5.79. The van der Waals surface area contributed by atoms with Crippen molar-refractivity contribution in [2.75, 3.05) is 26.9 Å². The first kappa shape index (κ1) is 24.0. The van der Waals surface area contributed by atoms with Crippen LogP contribution in [0.4, 0.5) is 0 Å². The number of aryl methyl sites for hydroxylation is 1. The van der Waals surface area contributed by atoms with E-state index in [1.165, 1.54) is 0 Å². The number of hydrogen-bond donors (Lipinski definition) is 0. The standard InChI is InChI=1S/C25H29N3O5S/c1-3-12-32-20-9-8-18(15-21(20)30-2)16-28(17-19-6-4-13-31-19)24(29)11-10-23-26-25(27-33-23)22-7-5-14-34-22/h3,5,7-9,14-15,19H,1,4,6,10-13,16-17H2,2H3. The molecule has 34 heavy (non-hydrogen) atoms. The highest BCUT2D eigenvalue weighted by molar-refractivity contribution is 7.13. The van der Waals surface area contributed by atoms with Crippen molar-refractivity contribution in [3.63, 3.8) is 0 Å². The highest BCUT2D eigenvalue weighted by atomic mass is 32.1. The fourth-order valence-corrected chi connectivity index (χ4v) is 4.47. The van der Waals surface area contributed by atoms with Crippen molar-refractivity contribution < 1.29 is 23.5 Å². The van der Waals surface area contributed by atoms with E-state index in [-0.39, 0.29) is 18.4 Å². The maximum absolute atomic E-state index is 13.2. The second-order valence-corrected chi connectivity index (χ2v) is 8.93. The zero-order chi connectivity index (χ0) is 23.8. The van der Waals surface area contributed by atoms with Crippen LogP contribution in [0.2, 0.25) is 0 Å². The summed E-state index contributed by atoms with van der Waals surface area (Å²) in [5, 5.41) is 5.99. The van der Waals surface area contributed by atoms with Gasteiger partial charge in [-0.25, -0.2) is 0 Å². The van der Waals surface area contributed by atoms with E-state index in [4.69, 9.17) is 18.7 Å². The summed E-state index contributed by atoms with van der Waals surface area (Å²) in [5.41, 5.74) is 0.951. The first-order valence-corrected chi connectivity index (χ1v) is 12.2. The van der Waals surface area contributed by atoms with E-state index in [1.807, 2.05) is 40.6 Å². The lowest BCUT2D eigenvalue weighted by atomic mass is 10.1. The van der Waals surface area contributed by atoms with Crippen LogP contribution in [0.5, 0.6) is 11.5 Å². The molecule has 0 radical (unpaired) electrons. The predicted octanol–water partition coefficient (Wildman–Crippen LogP) is 4.51. The van der Waals surface area contributed by atoms with Gasteiger partial charge in [-0.05, 0) is 42.0 Å². The number of benzene rings is 1. The van der Waals surface area contributed by atoms with E-state index in [0.29, 0.717) is 49.3 Å². The molecule has 1 aliphatic rings. The minimum Gasteiger partial charge on any atom is -0.493 e. The second kappa shape index (κ2) is 11.8. The Morgan fingerprint density at radius 2 is 2.26 bits per heavy atom. The van der Waals surface area contributed by atoms with Crippen LogP contribution in [0, 0.1) is 0 Å². The van der Waals surface area contributed by atoms with Crippen LogP contribution in [0.1, 0.15) is 30.7 Å². The molecule has 2 aromatic heterocycles. The number of carbonyl (C=O) groups is 1. The monoisotopic (exact) mass is 483 g/mol. The van der Waals surface area contributed by atoms with Gasteiger partial charge in [-0.1, -0.05) is 29.9 Å². The topological polar surface area (TPSA) is 86.9 Å². The highest BCUT2D eigenvalue weighted by Crippen LogP contribution is 2.29. The van der Waals surface area contributed by atoms with E-state index in [9.17, 15) is 4.79 Å². The molecule has 3 aromatic rings. The van der Waals surface area contributed by atoms with Crippen molar-refractivity contribution in [3.8, 4) is 22.2 Å². The van der Waals surface area contributed by atoms with Crippen LogP contribution in [0.25, 0.3) is 10.7 Å². The smallest absolute Gasteiger partial charge is 0.227 e. The Balaban J connectivity index is 1.42. The molecule has 3 heterocycles. The minimum atomic E-state index is 0.0114. The third kappa shape index (κ3) is 6.24. The molecule has 1 amide bonds. The van der Waals surface area contributed by atoms with Gasteiger partial charge in [-0.3, -0.25) is 4.79 Å². The van der Waals surface area contributed by atoms with Crippen LogP contribution < -0.4 is 9.47 Å². The Bertz CT molecular complexity index is 1080. The number of thiophene rings is 1. The van der Waals surface area contributed by atoms with E-state index in [1.54, 1.807) is 24.5 Å². The van der Waals surface area contributed by atoms with Gasteiger partial charge in [0.05, 0.1) is 18.1 Å². The third-order valence-electron chi connectivity index (χ3n) is 5.52. The van der Waals surface area contributed by atoms with Crippen LogP contribution in [-0.4, -0.2) is 53.9 Å². The Hall–Kier alpha value is -3.17. The minimum absolute atomic E-state index is 0.0114. The lowest BCUT2D eigenvalue weighted by molar-refractivity contribution is -0.133. The zero-order valence-corrected chi connectivity index (χ0v) is 20.1. The first-order valence-electron chi connectivity index (χ1n) is 11.3. The van der Waals surface area contributed by atoms with Crippen molar-refractivity contribution in [1.82, 2.24) is 15.0 Å². The molecular weight excluding hydrogens is 454 g/mol. The summed E-state index contributed by atoms with van der Waals surface area (Å²) in [7, 11) is 1.60. The maximum atomic E-state index is 13.2. The van der Waals surface area contributed by atoms with Gasteiger partial charge in [0.25, 0.3) is 0 Å². The number of ether oxygens (including phenoxy) is 3. The van der Waals surface area contributed by atoms with Crippen molar-refractivity contribution in [3.05, 3.63) is 59.8 Å². The molecule has 1 aliphatic heterocycles. The molecule has 1 atom stereocenters. The van der Waals surface area contributed by atoms with Gasteiger partial charge in [-0.2, -0.15) is 4.98 Å². The van der Waals surface area contributed by atoms with Gasteiger partial charge < -0.3 is 23.6 Å². The molecule has 0 aliphatic carbocycles. The average molecular weight is 484 g/mol. The van der Waals surface area contributed by atoms with Gasteiger partial charge in [0.15, 0.2) is 11.5 Å². The molecule has 1 saturated heterocycles. The van der Waals surface area contributed by atoms with Gasteiger partial charge in [-0.15, -0.1) is 11.3 Å². The largest absolute Gasteiger partial charge is 0.493 e. The maximum Gasteiger partial charge on any atom is 0.227 e. The van der Waals surface area contributed by atoms with Crippen LogP contribution in [0.3, 0.4) is 0 Å². The van der Waals surface area contributed by atoms with E-state index in [0.717, 1.165) is 29.9 Å². The molecule has 0 spiro atoms. The van der Waals surface area contributed by atoms with Gasteiger partial charge >= 0.3 is 0 Å². The molecule has 8 nitrogen and oxygen atoms in total. The number of carbonyl (C=O) groups excluding carboxylic acids is 1. The van der Waals surface area contributed by atoms with Crippen molar-refractivity contribution in [2.24, 2.45) is 0 Å². The molecule has 180 valence electrons. The summed E-state index contributed by atoms with van der Waals surface area (Å²) in [4.78, 5) is 20.4. The zero-order valence-electron chi connectivity index (χ0n) is 19.3. The Morgan fingerprint density at radius 3 is 3.00 bits per heavy atom. The van der Waals surface area contributed by atoms with Crippen LogP contribution in [-0.2, 0) is 22.5 Å². The second-order valence-electron chi connectivity index (χ2n) is 7.98. The van der Waals surface area contributed by atoms with E-state index < -0.39 is 0 Å². The molecule has 0 bridgehead atoms. The number of nitrogens with zero attached hydrogens (tertiary/aromatic N) is 3. The number of amides is 1. The number of rotatable bonds is 12. The lowest BCUT2D eigenvalue weighted by Crippen LogP contribution is -2.37. The van der Waals surface area contributed by atoms with Gasteiger partial charge in [0, 0.05) is 32.5 Å². The summed E-state index contributed by atoms with van der Waals surface area (Å²) in [6.07, 6.45) is 4.36. The van der Waals surface area contributed by atoms with Crippen molar-refractivity contribution in [1.29, 1.82) is 0 Å². The van der Waals surface area contributed by atoms with Crippen molar-refractivity contribution in [2.45, 2.75) is 38.3 Å². The van der Waals surface area contributed by atoms with Crippen LogP contribution in [0.15, 0.2) is 52.9 Å². The first-order chi connectivity index (χ1) is 16.7. The predicted molar refractivity (Wildman–Crippen MR) is 129 cm³/mol. The Labute approximate surface area is 203 Å². The van der Waals surface area contributed by atoms with Gasteiger partial charge in [0.1, 0.15) is 6.61 Å². The van der Waals surface area contributed by atoms with E-state index >= 15 is 0 Å². The Kier molecular flexibility index (Phi) is 8.32. The van der Waals surface area contributed by atoms with E-state index in [2.05, 4.69) is 16.7 Å². The van der Waals surface area contributed by atoms with Crippen LogP contribution >= 0.6 is 11.3 Å². The lowest BCUT2D eigenvalue weighted by Gasteiger charge is -2.26. The van der Waals surface area contributed by atoms with Gasteiger partial charge in [0.2, 0.25) is 17.6 Å². The molecule has 1 aromatic carbocycles. The summed E-state index contributed by atoms with van der Waals surface area (Å²) >= 11 is 1.55. The molecule has 9 heteroatoms. The fraction of sp³-hybridized carbons (Fsp3) is 0.400. The summed E-state index contributed by atoms with van der Waals surface area (Å²) in [5.74, 6) is 2.29. The quantitative estimate of drug-likeness (QED) is 0.350. The average Bonchev–Trinajstić information content (AvgIpc) is 3.63. The number of aromatic nitrogens is 2. The molecule has 4 rings (SSSR count). The third-order valence-corrected chi connectivity index (χ3v) is 6.39. The number of hydrogen-bond acceptors (Lipinski definition) is 8. The SMILES string of the molecule is C=CCOc1ccc(CN(CC2CCCO2)C(=O)CCc2nc(-c3cccs3)no2)cc1OC. The molecule has 0 N–H and O–H groups in total. The summed E-state index contributed by atoms with van der Waals surface area (Å²) < 4.78 is 22.3. The molecule has 0 saturated carbocycles. The van der Waals surface area contributed by atoms with Crippen molar-refractivity contribution >= 4 is 17.2 Å². The number of methoxy groups -OCH3 is 1. The normalized spacial score (nSPS) is 15.3.